The van der Waals surface area contributed by atoms with Crippen LogP contribution in [-0.4, -0.2) is 50.6 Å². The number of nitrogens with zero attached hydrogens (tertiary/aromatic N) is 1. The lowest BCUT2D eigenvalue weighted by Gasteiger charge is -2.23. The molecular formula is C12H16BrNO5. The standard InChI is InChI=1S/C12H16BrNO5/c1-16-8-11(15)14(7-12-17-4-5-18-12)6-9-2-3-10(13)19-9/h2-3,12H,4-8H2,1H3. The minimum absolute atomic E-state index is 0.0224. The van der Waals surface area contributed by atoms with Crippen LogP contribution < -0.4 is 0 Å². The van der Waals surface area contributed by atoms with Crippen molar-refractivity contribution in [2.75, 3.05) is 33.5 Å². The fourth-order valence-corrected chi connectivity index (χ4v) is 2.13. The lowest BCUT2D eigenvalue weighted by molar-refractivity contribution is -0.142. The molecule has 1 fully saturated rings. The summed E-state index contributed by atoms with van der Waals surface area (Å²) in [4.78, 5) is 13.6. The van der Waals surface area contributed by atoms with Gasteiger partial charge in [0.05, 0.1) is 26.3 Å². The highest BCUT2D eigenvalue weighted by atomic mass is 79.9. The molecule has 2 rings (SSSR count). The highest BCUT2D eigenvalue weighted by Crippen LogP contribution is 2.17. The maximum Gasteiger partial charge on any atom is 0.249 e. The van der Waals surface area contributed by atoms with E-state index in [2.05, 4.69) is 15.9 Å². The SMILES string of the molecule is COCC(=O)N(Cc1ccc(Br)o1)CC1OCCO1. The van der Waals surface area contributed by atoms with Crippen LogP contribution in [0.25, 0.3) is 0 Å². The number of carbonyl (C=O) groups excluding carboxylic acids is 1. The zero-order chi connectivity index (χ0) is 13.7. The zero-order valence-electron chi connectivity index (χ0n) is 10.6. The second kappa shape index (κ2) is 7.04. The summed E-state index contributed by atoms with van der Waals surface area (Å²) in [5.41, 5.74) is 0. The molecule has 0 N–H and O–H groups in total. The van der Waals surface area contributed by atoms with Crippen LogP contribution in [0.1, 0.15) is 5.76 Å². The summed E-state index contributed by atoms with van der Waals surface area (Å²) in [5, 5.41) is 0. The van der Waals surface area contributed by atoms with E-state index in [0.29, 0.717) is 36.7 Å². The molecule has 0 atom stereocenters. The van der Waals surface area contributed by atoms with Crippen LogP contribution in [-0.2, 0) is 25.5 Å². The molecular weight excluding hydrogens is 318 g/mol. The van der Waals surface area contributed by atoms with Crippen molar-refractivity contribution in [2.45, 2.75) is 12.8 Å². The number of methoxy groups -OCH3 is 1. The number of amides is 1. The first-order valence-corrected chi connectivity index (χ1v) is 6.72. The highest BCUT2D eigenvalue weighted by Gasteiger charge is 2.24. The molecule has 6 nitrogen and oxygen atoms in total. The Kier molecular flexibility index (Phi) is 5.38. The van der Waals surface area contributed by atoms with Gasteiger partial charge in [-0.05, 0) is 28.1 Å². The molecule has 0 saturated carbocycles. The lowest BCUT2D eigenvalue weighted by atomic mass is 10.3. The summed E-state index contributed by atoms with van der Waals surface area (Å²) in [6.45, 7) is 1.86. The summed E-state index contributed by atoms with van der Waals surface area (Å²) < 4.78 is 21.6. The van der Waals surface area contributed by atoms with Gasteiger partial charge in [-0.1, -0.05) is 0 Å². The first kappa shape index (κ1) is 14.5. The van der Waals surface area contributed by atoms with Gasteiger partial charge in [0.1, 0.15) is 12.4 Å². The maximum atomic E-state index is 12.0. The van der Waals surface area contributed by atoms with Crippen LogP contribution in [0.15, 0.2) is 21.2 Å². The third kappa shape index (κ3) is 4.31. The van der Waals surface area contributed by atoms with Gasteiger partial charge < -0.3 is 23.5 Å². The Bertz CT molecular complexity index is 416. The normalized spacial score (nSPS) is 15.9. The van der Waals surface area contributed by atoms with E-state index in [0.717, 1.165) is 0 Å². The van der Waals surface area contributed by atoms with Gasteiger partial charge in [-0.25, -0.2) is 0 Å². The Morgan fingerprint density at radius 3 is 2.79 bits per heavy atom. The fourth-order valence-electron chi connectivity index (χ4n) is 1.79. The van der Waals surface area contributed by atoms with Crippen molar-refractivity contribution in [1.82, 2.24) is 4.90 Å². The summed E-state index contributed by atoms with van der Waals surface area (Å²) in [5.74, 6) is 0.559. The average molecular weight is 334 g/mol. The molecule has 1 aliphatic rings. The quantitative estimate of drug-likeness (QED) is 0.787. The first-order chi connectivity index (χ1) is 9.19. The monoisotopic (exact) mass is 333 g/mol. The van der Waals surface area contributed by atoms with Gasteiger partial charge in [-0.3, -0.25) is 4.79 Å². The molecule has 1 aromatic rings. The van der Waals surface area contributed by atoms with Gasteiger partial charge in [-0.2, -0.15) is 0 Å². The number of ether oxygens (including phenoxy) is 3. The van der Waals surface area contributed by atoms with Crippen LogP contribution >= 0.6 is 15.9 Å². The smallest absolute Gasteiger partial charge is 0.249 e. The Morgan fingerprint density at radius 1 is 1.47 bits per heavy atom. The molecule has 2 heterocycles. The summed E-state index contributed by atoms with van der Waals surface area (Å²) in [7, 11) is 1.49. The average Bonchev–Trinajstić information content (AvgIpc) is 3.01. The van der Waals surface area contributed by atoms with Gasteiger partial charge >= 0.3 is 0 Å². The van der Waals surface area contributed by atoms with Crippen molar-refractivity contribution in [1.29, 1.82) is 0 Å². The second-order valence-corrected chi connectivity index (χ2v) is 4.87. The van der Waals surface area contributed by atoms with E-state index in [1.807, 2.05) is 6.07 Å². The highest BCUT2D eigenvalue weighted by molar-refractivity contribution is 9.10. The number of hydrogen-bond acceptors (Lipinski definition) is 5. The third-order valence-corrected chi connectivity index (χ3v) is 3.08. The Balaban J connectivity index is 1.98. The van der Waals surface area contributed by atoms with Crippen molar-refractivity contribution in [3.05, 3.63) is 22.6 Å². The van der Waals surface area contributed by atoms with Gasteiger partial charge in [0.2, 0.25) is 5.91 Å². The van der Waals surface area contributed by atoms with Crippen LogP contribution in [0, 0.1) is 0 Å². The van der Waals surface area contributed by atoms with E-state index in [4.69, 9.17) is 18.6 Å². The van der Waals surface area contributed by atoms with E-state index in [1.54, 1.807) is 11.0 Å². The predicted octanol–water partition coefficient (Wildman–Crippen LogP) is 1.39. The molecule has 0 unspecified atom stereocenters. The van der Waals surface area contributed by atoms with E-state index in [-0.39, 0.29) is 18.8 Å². The van der Waals surface area contributed by atoms with Gasteiger partial charge in [-0.15, -0.1) is 0 Å². The number of hydrogen-bond donors (Lipinski definition) is 0. The van der Waals surface area contributed by atoms with Crippen LogP contribution in [0.3, 0.4) is 0 Å². The van der Waals surface area contributed by atoms with Crippen LogP contribution in [0.2, 0.25) is 0 Å². The van der Waals surface area contributed by atoms with Crippen LogP contribution in [0.4, 0.5) is 0 Å². The summed E-state index contributed by atoms with van der Waals surface area (Å²) in [6, 6.07) is 3.60. The molecule has 106 valence electrons. The van der Waals surface area contributed by atoms with Crippen molar-refractivity contribution < 1.29 is 23.4 Å². The number of halogens is 1. The van der Waals surface area contributed by atoms with Crippen LogP contribution in [0.5, 0.6) is 0 Å². The van der Waals surface area contributed by atoms with Crippen molar-refractivity contribution in [3.8, 4) is 0 Å². The molecule has 1 aromatic heterocycles. The van der Waals surface area contributed by atoms with Gasteiger partial charge in [0.25, 0.3) is 0 Å². The van der Waals surface area contributed by atoms with E-state index < -0.39 is 0 Å². The minimum Gasteiger partial charge on any atom is -0.452 e. The maximum absolute atomic E-state index is 12.0. The van der Waals surface area contributed by atoms with Gasteiger partial charge in [0.15, 0.2) is 11.0 Å². The molecule has 7 heteroatoms. The molecule has 0 spiro atoms. The number of furan rings is 1. The summed E-state index contributed by atoms with van der Waals surface area (Å²) in [6.07, 6.45) is -0.376. The third-order valence-electron chi connectivity index (χ3n) is 2.66. The number of carbonyl (C=O) groups is 1. The topological polar surface area (TPSA) is 61.1 Å². The second-order valence-electron chi connectivity index (χ2n) is 4.08. The molecule has 0 bridgehead atoms. The molecule has 1 aliphatic heterocycles. The molecule has 0 aromatic carbocycles. The molecule has 19 heavy (non-hydrogen) atoms. The van der Waals surface area contributed by atoms with E-state index >= 15 is 0 Å². The van der Waals surface area contributed by atoms with Crippen molar-refractivity contribution in [3.63, 3.8) is 0 Å². The number of rotatable bonds is 6. The van der Waals surface area contributed by atoms with Gasteiger partial charge in [0, 0.05) is 7.11 Å². The predicted molar refractivity (Wildman–Crippen MR) is 69.4 cm³/mol. The molecule has 1 amide bonds. The largest absolute Gasteiger partial charge is 0.452 e. The fraction of sp³-hybridized carbons (Fsp3) is 0.583. The lowest BCUT2D eigenvalue weighted by Crippen LogP contribution is -2.39. The van der Waals surface area contributed by atoms with Crippen molar-refractivity contribution >= 4 is 21.8 Å². The Morgan fingerprint density at radius 2 is 2.21 bits per heavy atom. The summed E-state index contributed by atoms with van der Waals surface area (Å²) >= 11 is 3.23. The van der Waals surface area contributed by atoms with E-state index in [1.165, 1.54) is 7.11 Å². The Hall–Kier alpha value is -0.890. The molecule has 0 radical (unpaired) electrons. The molecule has 1 saturated heterocycles. The first-order valence-electron chi connectivity index (χ1n) is 5.93. The molecule has 0 aliphatic carbocycles. The van der Waals surface area contributed by atoms with Crippen molar-refractivity contribution in [2.24, 2.45) is 0 Å². The van der Waals surface area contributed by atoms with E-state index in [9.17, 15) is 4.79 Å². The Labute approximate surface area is 119 Å². The minimum atomic E-state index is -0.376. The zero-order valence-corrected chi connectivity index (χ0v) is 12.2.